The van der Waals surface area contributed by atoms with Gasteiger partial charge in [0.15, 0.2) is 6.20 Å². The molecular weight excluding hydrogens is 435 g/mol. The zero-order valence-corrected chi connectivity index (χ0v) is 22.0. The van der Waals surface area contributed by atoms with Gasteiger partial charge in [0.2, 0.25) is 5.52 Å². The van der Waals surface area contributed by atoms with Crippen molar-refractivity contribution in [1.82, 2.24) is 4.40 Å². The van der Waals surface area contributed by atoms with Crippen LogP contribution < -0.4 is 9.75 Å². The molecule has 0 fully saturated rings. The molecule has 2 nitrogen and oxygen atoms in total. The molecule has 0 aliphatic heterocycles. The predicted molar refractivity (Wildman–Crippen MR) is 146 cm³/mol. The summed E-state index contributed by atoms with van der Waals surface area (Å²) in [4.78, 5) is 0. The van der Waals surface area contributed by atoms with Crippen LogP contribution in [0.1, 0.15) is 31.9 Å². The first-order valence-corrected chi connectivity index (χ1v) is 15.2. The second-order valence-electron chi connectivity index (χ2n) is 10.1. The smallest absolute Gasteiger partial charge is 0.224 e. The van der Waals surface area contributed by atoms with Gasteiger partial charge in [-0.05, 0) is 54.6 Å². The van der Waals surface area contributed by atoms with Gasteiger partial charge in [0, 0.05) is 16.8 Å². The van der Waals surface area contributed by atoms with Gasteiger partial charge in [0.25, 0.3) is 0 Å². The Morgan fingerprint density at radius 2 is 1.62 bits per heavy atom. The van der Waals surface area contributed by atoms with E-state index in [1.807, 2.05) is 6.07 Å². The SMILES string of the molecule is CC[Si](CC)(CC)c1cc2cc[n+](C)c3c4c(C)c(C)cc5c6c(F)cccc6n(c(c1)c23)c54. The molecule has 0 saturated carbocycles. The maximum absolute atomic E-state index is 15.4. The normalized spacial score (nSPS) is 12.9. The molecule has 0 saturated heterocycles. The molecule has 3 aromatic heterocycles. The van der Waals surface area contributed by atoms with E-state index in [1.54, 1.807) is 6.07 Å². The number of pyridine rings is 2. The summed E-state index contributed by atoms with van der Waals surface area (Å²) in [6.45, 7) is 11.5. The molecule has 3 aromatic carbocycles. The van der Waals surface area contributed by atoms with Crippen molar-refractivity contribution < 1.29 is 8.96 Å². The number of rotatable bonds is 4. The molecule has 172 valence electrons. The standard InChI is InChI=1S/C30H32FN2Si/c1-7-34(8-2,9-3)21-16-20-13-14-32(6)30-26-19(5)18(4)15-22-28-23(31)11-10-12-24(28)33(29(22)26)25(17-21)27(20)30/h10-17H,7-9H2,1-6H3/q+1. The molecule has 0 atom stereocenters. The Kier molecular flexibility index (Phi) is 4.60. The fourth-order valence-corrected chi connectivity index (χ4v) is 10.2. The van der Waals surface area contributed by atoms with Crippen molar-refractivity contribution in [2.75, 3.05) is 0 Å². The molecule has 4 heteroatoms. The van der Waals surface area contributed by atoms with Crippen LogP contribution in [0.15, 0.2) is 48.7 Å². The van der Waals surface area contributed by atoms with Crippen molar-refractivity contribution in [3.05, 3.63) is 65.6 Å². The molecule has 0 amide bonds. The second kappa shape index (κ2) is 7.26. The number of fused-ring (bicyclic) bond motifs is 5. The first-order valence-electron chi connectivity index (χ1n) is 12.6. The van der Waals surface area contributed by atoms with Gasteiger partial charge in [-0.15, -0.1) is 0 Å². The van der Waals surface area contributed by atoms with Crippen LogP contribution in [0.3, 0.4) is 0 Å². The first kappa shape index (κ1) is 21.5. The van der Waals surface area contributed by atoms with Crippen LogP contribution in [0.4, 0.5) is 4.39 Å². The highest BCUT2D eigenvalue weighted by Crippen LogP contribution is 2.42. The van der Waals surface area contributed by atoms with Gasteiger partial charge >= 0.3 is 0 Å². The van der Waals surface area contributed by atoms with Crippen molar-refractivity contribution in [3.63, 3.8) is 0 Å². The Labute approximate surface area is 201 Å². The van der Waals surface area contributed by atoms with E-state index in [2.05, 4.69) is 87.2 Å². The maximum atomic E-state index is 15.4. The lowest BCUT2D eigenvalue weighted by atomic mass is 9.96. The fourth-order valence-electron chi connectivity index (χ4n) is 6.58. The van der Waals surface area contributed by atoms with Crippen LogP contribution in [0.5, 0.6) is 0 Å². The van der Waals surface area contributed by atoms with Gasteiger partial charge < -0.3 is 4.40 Å². The Bertz CT molecular complexity index is 1750. The van der Waals surface area contributed by atoms with E-state index in [0.717, 1.165) is 21.8 Å². The van der Waals surface area contributed by atoms with E-state index in [-0.39, 0.29) is 5.82 Å². The van der Waals surface area contributed by atoms with E-state index in [1.165, 1.54) is 61.6 Å². The number of benzene rings is 3. The molecule has 0 bridgehead atoms. The quantitative estimate of drug-likeness (QED) is 0.111. The molecule has 0 unspecified atom stereocenters. The molecule has 6 aromatic rings. The number of nitrogens with zero attached hydrogens (tertiary/aromatic N) is 2. The Morgan fingerprint density at radius 1 is 0.882 bits per heavy atom. The van der Waals surface area contributed by atoms with E-state index in [9.17, 15) is 0 Å². The zero-order valence-electron chi connectivity index (χ0n) is 21.0. The summed E-state index contributed by atoms with van der Waals surface area (Å²) >= 11 is 0. The molecule has 0 aliphatic carbocycles. The largest absolute Gasteiger partial charge is 0.307 e. The summed E-state index contributed by atoms with van der Waals surface area (Å²) in [6, 6.07) is 18.7. The van der Waals surface area contributed by atoms with Gasteiger partial charge in [-0.3, -0.25) is 0 Å². The molecular formula is C30H32FN2Si+. The van der Waals surface area contributed by atoms with Crippen LogP contribution >= 0.6 is 0 Å². The lowest BCUT2D eigenvalue weighted by Crippen LogP contribution is -2.45. The predicted octanol–water partition coefficient (Wildman–Crippen LogP) is 7.29. The van der Waals surface area contributed by atoms with Crippen molar-refractivity contribution in [1.29, 1.82) is 0 Å². The van der Waals surface area contributed by atoms with Crippen LogP contribution in [-0.4, -0.2) is 12.5 Å². The number of hydrogen-bond acceptors (Lipinski definition) is 0. The van der Waals surface area contributed by atoms with E-state index < -0.39 is 8.07 Å². The minimum atomic E-state index is -1.61. The third-order valence-corrected chi connectivity index (χ3v) is 14.5. The van der Waals surface area contributed by atoms with Crippen molar-refractivity contribution in [2.24, 2.45) is 7.05 Å². The van der Waals surface area contributed by atoms with Crippen molar-refractivity contribution in [3.8, 4) is 0 Å². The Balaban J connectivity index is 2.01. The second-order valence-corrected chi connectivity index (χ2v) is 15.4. The zero-order chi connectivity index (χ0) is 23.9. The number of aryl methyl sites for hydroxylation is 3. The summed E-state index contributed by atoms with van der Waals surface area (Å²) < 4.78 is 20.0. The van der Waals surface area contributed by atoms with Crippen LogP contribution in [-0.2, 0) is 7.05 Å². The number of halogens is 1. The molecule has 0 spiro atoms. The van der Waals surface area contributed by atoms with Crippen LogP contribution in [0, 0.1) is 19.7 Å². The summed E-state index contributed by atoms with van der Waals surface area (Å²) in [7, 11) is 0.529. The molecule has 34 heavy (non-hydrogen) atoms. The number of aromatic nitrogens is 2. The van der Waals surface area contributed by atoms with Gasteiger partial charge in [-0.2, -0.15) is 0 Å². The summed E-state index contributed by atoms with van der Waals surface area (Å²) in [6.07, 6.45) is 2.20. The van der Waals surface area contributed by atoms with Gasteiger partial charge in [-0.25, -0.2) is 8.96 Å². The Morgan fingerprint density at radius 3 is 2.32 bits per heavy atom. The topological polar surface area (TPSA) is 8.29 Å². The van der Waals surface area contributed by atoms with Crippen molar-refractivity contribution in [2.45, 2.75) is 52.8 Å². The lowest BCUT2D eigenvalue weighted by molar-refractivity contribution is -0.643. The van der Waals surface area contributed by atoms with Gasteiger partial charge in [0.05, 0.1) is 35.4 Å². The van der Waals surface area contributed by atoms with E-state index >= 15 is 4.39 Å². The average molecular weight is 468 g/mol. The summed E-state index contributed by atoms with van der Waals surface area (Å²) in [5.74, 6) is -0.141. The molecule has 6 rings (SSSR count). The van der Waals surface area contributed by atoms with Gasteiger partial charge in [0.1, 0.15) is 12.9 Å². The van der Waals surface area contributed by atoms with Gasteiger partial charge in [-0.1, -0.05) is 56.2 Å². The summed E-state index contributed by atoms with van der Waals surface area (Å²) in [5.41, 5.74) is 7.05. The monoisotopic (exact) mass is 467 g/mol. The van der Waals surface area contributed by atoms with E-state index in [4.69, 9.17) is 0 Å². The molecule has 0 N–H and O–H groups in total. The van der Waals surface area contributed by atoms with Crippen molar-refractivity contribution >= 4 is 62.3 Å². The maximum Gasteiger partial charge on any atom is 0.224 e. The average Bonchev–Trinajstić information content (AvgIpc) is 3.17. The van der Waals surface area contributed by atoms with Crippen LogP contribution in [0.2, 0.25) is 18.1 Å². The lowest BCUT2D eigenvalue weighted by Gasteiger charge is -2.29. The van der Waals surface area contributed by atoms with Crippen LogP contribution in [0.25, 0.3) is 49.0 Å². The highest BCUT2D eigenvalue weighted by molar-refractivity contribution is 6.92. The molecule has 0 aliphatic rings. The first-order chi connectivity index (χ1) is 16.4. The number of hydrogen-bond donors (Lipinski definition) is 0. The highest BCUT2D eigenvalue weighted by Gasteiger charge is 2.32. The molecule has 0 radical (unpaired) electrons. The minimum Gasteiger partial charge on any atom is -0.307 e. The third kappa shape index (κ3) is 2.52. The summed E-state index contributed by atoms with van der Waals surface area (Å²) in [5, 5.41) is 7.10. The third-order valence-electron chi connectivity index (χ3n) is 8.88. The fraction of sp³-hybridized carbons (Fsp3) is 0.300. The Hall–Kier alpha value is -2.98. The highest BCUT2D eigenvalue weighted by atomic mass is 28.3. The molecule has 3 heterocycles. The van der Waals surface area contributed by atoms with E-state index in [0.29, 0.717) is 0 Å². The minimum absolute atomic E-state index is 0.141.